The van der Waals surface area contributed by atoms with Crippen LogP contribution in [-0.2, 0) is 26.2 Å². The van der Waals surface area contributed by atoms with Gasteiger partial charge >= 0.3 is 5.97 Å². The van der Waals surface area contributed by atoms with E-state index in [2.05, 4.69) is 4.74 Å². The fourth-order valence-electron chi connectivity index (χ4n) is 3.10. The third-order valence-electron chi connectivity index (χ3n) is 4.66. The van der Waals surface area contributed by atoms with Crippen LogP contribution >= 0.6 is 0 Å². The van der Waals surface area contributed by atoms with Crippen molar-refractivity contribution in [3.05, 3.63) is 35.4 Å². The highest BCUT2D eigenvalue weighted by Gasteiger charge is 2.36. The fourth-order valence-corrected chi connectivity index (χ4v) is 3.10. The first-order valence-corrected chi connectivity index (χ1v) is 7.46. The second-order valence-corrected chi connectivity index (χ2v) is 5.90. The molecule has 0 unspecified atom stereocenters. The van der Waals surface area contributed by atoms with E-state index in [-0.39, 0.29) is 17.8 Å². The summed E-state index contributed by atoms with van der Waals surface area (Å²) in [5, 5.41) is 0. The van der Waals surface area contributed by atoms with Crippen molar-refractivity contribution in [2.75, 3.05) is 13.7 Å². The Morgan fingerprint density at radius 1 is 1.33 bits per heavy atom. The van der Waals surface area contributed by atoms with E-state index < -0.39 is 0 Å². The SMILES string of the molecule is COC(=O)Cc1ccc(C2(C=O)CCC(CN)CC2)cc1. The molecule has 1 aliphatic rings. The predicted molar refractivity (Wildman–Crippen MR) is 80.9 cm³/mol. The van der Waals surface area contributed by atoms with Gasteiger partial charge in [-0.2, -0.15) is 0 Å². The molecule has 0 aromatic heterocycles. The summed E-state index contributed by atoms with van der Waals surface area (Å²) in [7, 11) is 1.38. The van der Waals surface area contributed by atoms with Crippen molar-refractivity contribution >= 4 is 12.3 Å². The summed E-state index contributed by atoms with van der Waals surface area (Å²) >= 11 is 0. The molecule has 0 aliphatic heterocycles. The predicted octanol–water partition coefficient (Wildman–Crippen LogP) is 1.99. The van der Waals surface area contributed by atoms with Crippen molar-refractivity contribution in [1.82, 2.24) is 0 Å². The topological polar surface area (TPSA) is 69.4 Å². The molecule has 0 bridgehead atoms. The van der Waals surface area contributed by atoms with Crippen molar-refractivity contribution in [1.29, 1.82) is 0 Å². The van der Waals surface area contributed by atoms with Crippen LogP contribution in [-0.4, -0.2) is 25.9 Å². The van der Waals surface area contributed by atoms with E-state index in [0.717, 1.165) is 43.1 Å². The van der Waals surface area contributed by atoms with Crippen molar-refractivity contribution in [2.24, 2.45) is 11.7 Å². The van der Waals surface area contributed by atoms with E-state index in [0.29, 0.717) is 12.5 Å². The monoisotopic (exact) mass is 289 g/mol. The van der Waals surface area contributed by atoms with Crippen LogP contribution < -0.4 is 5.73 Å². The molecular weight excluding hydrogens is 266 g/mol. The summed E-state index contributed by atoms with van der Waals surface area (Å²) in [4.78, 5) is 22.9. The zero-order valence-corrected chi connectivity index (χ0v) is 12.5. The van der Waals surface area contributed by atoms with Gasteiger partial charge in [0.25, 0.3) is 0 Å². The molecule has 2 N–H and O–H groups in total. The van der Waals surface area contributed by atoms with Crippen LogP contribution in [0.5, 0.6) is 0 Å². The molecule has 2 rings (SSSR count). The number of rotatable bonds is 5. The third kappa shape index (κ3) is 3.50. The lowest BCUT2D eigenvalue weighted by Gasteiger charge is -2.36. The number of ether oxygens (including phenoxy) is 1. The lowest BCUT2D eigenvalue weighted by molar-refractivity contribution is -0.139. The molecule has 1 aliphatic carbocycles. The maximum absolute atomic E-state index is 11.7. The van der Waals surface area contributed by atoms with Gasteiger partial charge in [-0.3, -0.25) is 4.79 Å². The number of benzene rings is 1. The van der Waals surface area contributed by atoms with Crippen LogP contribution in [0.2, 0.25) is 0 Å². The van der Waals surface area contributed by atoms with E-state index in [4.69, 9.17) is 5.73 Å². The lowest BCUT2D eigenvalue weighted by Crippen LogP contribution is -2.35. The van der Waals surface area contributed by atoms with Crippen LogP contribution in [0.3, 0.4) is 0 Å². The van der Waals surface area contributed by atoms with Gasteiger partial charge in [0.05, 0.1) is 18.9 Å². The summed E-state index contributed by atoms with van der Waals surface area (Å²) in [6, 6.07) is 7.75. The molecule has 1 saturated carbocycles. The highest BCUT2D eigenvalue weighted by Crippen LogP contribution is 2.39. The Labute approximate surface area is 125 Å². The summed E-state index contributed by atoms with van der Waals surface area (Å²) in [5.74, 6) is 0.285. The molecule has 0 heterocycles. The van der Waals surface area contributed by atoms with Crippen LogP contribution in [0.1, 0.15) is 36.8 Å². The standard InChI is InChI=1S/C17H23NO3/c1-21-16(20)10-13-2-4-15(5-3-13)17(12-19)8-6-14(11-18)7-9-17/h2-5,12,14H,6-11,18H2,1H3. The Morgan fingerprint density at radius 2 is 1.95 bits per heavy atom. The molecule has 0 spiro atoms. The number of aldehydes is 1. The Kier molecular flexibility index (Phi) is 5.12. The van der Waals surface area contributed by atoms with Gasteiger partial charge in [-0.1, -0.05) is 24.3 Å². The van der Waals surface area contributed by atoms with E-state index in [1.165, 1.54) is 7.11 Å². The normalized spacial score (nSPS) is 25.3. The summed E-state index contributed by atoms with van der Waals surface area (Å²) in [5.41, 5.74) is 7.29. The highest BCUT2D eigenvalue weighted by molar-refractivity contribution is 5.73. The Balaban J connectivity index is 2.12. The quantitative estimate of drug-likeness (QED) is 0.665. The molecule has 0 radical (unpaired) electrons. The zero-order valence-electron chi connectivity index (χ0n) is 12.5. The molecule has 0 atom stereocenters. The van der Waals surface area contributed by atoms with E-state index in [1.54, 1.807) is 0 Å². The molecule has 1 aromatic carbocycles. The molecule has 1 fully saturated rings. The second kappa shape index (κ2) is 6.85. The Morgan fingerprint density at radius 3 is 2.43 bits per heavy atom. The van der Waals surface area contributed by atoms with Gasteiger partial charge in [-0.25, -0.2) is 0 Å². The molecule has 1 aromatic rings. The summed E-state index contributed by atoms with van der Waals surface area (Å²) in [6.07, 6.45) is 5.07. The van der Waals surface area contributed by atoms with Crippen molar-refractivity contribution in [2.45, 2.75) is 37.5 Å². The number of hydrogen-bond acceptors (Lipinski definition) is 4. The number of hydrogen-bond donors (Lipinski definition) is 1. The first kappa shape index (κ1) is 15.7. The minimum Gasteiger partial charge on any atom is -0.469 e. The number of esters is 1. The smallest absolute Gasteiger partial charge is 0.309 e. The molecule has 4 nitrogen and oxygen atoms in total. The number of carbonyl (C=O) groups is 2. The molecular formula is C17H23NO3. The average molecular weight is 289 g/mol. The number of carbonyl (C=O) groups excluding carboxylic acids is 2. The largest absolute Gasteiger partial charge is 0.469 e. The average Bonchev–Trinajstić information content (AvgIpc) is 2.55. The molecule has 114 valence electrons. The highest BCUT2D eigenvalue weighted by atomic mass is 16.5. The van der Waals surface area contributed by atoms with Crippen LogP contribution in [0.25, 0.3) is 0 Å². The van der Waals surface area contributed by atoms with Crippen molar-refractivity contribution in [3.8, 4) is 0 Å². The zero-order chi connectivity index (χ0) is 15.3. The number of methoxy groups -OCH3 is 1. The van der Waals surface area contributed by atoms with Gasteiger partial charge < -0.3 is 15.3 Å². The van der Waals surface area contributed by atoms with E-state index in [1.807, 2.05) is 24.3 Å². The third-order valence-corrected chi connectivity index (χ3v) is 4.66. The minimum atomic E-state index is -0.379. The van der Waals surface area contributed by atoms with Crippen molar-refractivity contribution < 1.29 is 14.3 Å². The van der Waals surface area contributed by atoms with Gasteiger partial charge in [-0.05, 0) is 49.3 Å². The molecule has 0 saturated heterocycles. The molecule has 21 heavy (non-hydrogen) atoms. The lowest BCUT2D eigenvalue weighted by atomic mass is 9.67. The van der Waals surface area contributed by atoms with Gasteiger partial charge in [-0.15, -0.1) is 0 Å². The second-order valence-electron chi connectivity index (χ2n) is 5.90. The van der Waals surface area contributed by atoms with E-state index in [9.17, 15) is 9.59 Å². The minimum absolute atomic E-state index is 0.253. The van der Waals surface area contributed by atoms with Crippen molar-refractivity contribution in [3.63, 3.8) is 0 Å². The van der Waals surface area contributed by atoms with Gasteiger partial charge in [0.2, 0.25) is 0 Å². The van der Waals surface area contributed by atoms with Gasteiger partial charge in [0, 0.05) is 0 Å². The maximum Gasteiger partial charge on any atom is 0.309 e. The fraction of sp³-hybridized carbons (Fsp3) is 0.529. The first-order valence-electron chi connectivity index (χ1n) is 7.46. The van der Waals surface area contributed by atoms with Crippen LogP contribution in [0, 0.1) is 5.92 Å². The van der Waals surface area contributed by atoms with Crippen LogP contribution in [0.15, 0.2) is 24.3 Å². The Bertz CT molecular complexity index is 487. The molecule has 4 heteroatoms. The van der Waals surface area contributed by atoms with E-state index >= 15 is 0 Å². The maximum atomic E-state index is 11.7. The Hall–Kier alpha value is -1.68. The molecule has 0 amide bonds. The first-order chi connectivity index (χ1) is 10.1. The number of nitrogens with two attached hydrogens (primary N) is 1. The summed E-state index contributed by atoms with van der Waals surface area (Å²) in [6.45, 7) is 0.701. The summed E-state index contributed by atoms with van der Waals surface area (Å²) < 4.78 is 4.66. The van der Waals surface area contributed by atoms with Gasteiger partial charge in [0.15, 0.2) is 0 Å². The van der Waals surface area contributed by atoms with Crippen LogP contribution in [0.4, 0.5) is 0 Å². The van der Waals surface area contributed by atoms with Gasteiger partial charge in [0.1, 0.15) is 6.29 Å².